The first-order valence-corrected chi connectivity index (χ1v) is 8.56. The normalized spacial score (nSPS) is 12.6. The lowest BCUT2D eigenvalue weighted by Crippen LogP contribution is -2.57. The Kier molecular flexibility index (Phi) is 6.48. The molecule has 2 aromatic rings. The molecule has 0 aliphatic heterocycles. The predicted molar refractivity (Wildman–Crippen MR) is 94.9 cm³/mol. The van der Waals surface area contributed by atoms with Crippen LogP contribution in [0.4, 0.5) is 36.4 Å². The highest BCUT2D eigenvalue weighted by Crippen LogP contribution is 2.47. The molecule has 0 atom stereocenters. The molecule has 1 heterocycles. The van der Waals surface area contributed by atoms with E-state index in [-0.39, 0.29) is 17.9 Å². The molecule has 1 aromatic heterocycles. The molecule has 2 rings (SSSR count). The maximum absolute atomic E-state index is 13.6. The van der Waals surface area contributed by atoms with Gasteiger partial charge in [-0.05, 0) is 31.5 Å². The van der Waals surface area contributed by atoms with Crippen molar-refractivity contribution < 1.29 is 45.0 Å². The van der Waals surface area contributed by atoms with Crippen LogP contribution >= 0.6 is 0 Å². The van der Waals surface area contributed by atoms with Crippen LogP contribution in [0.5, 0.6) is 11.5 Å². The molecule has 0 unspecified atom stereocenters. The van der Waals surface area contributed by atoms with Crippen molar-refractivity contribution in [3.63, 3.8) is 0 Å². The standard InChI is InChI=1S/C18H18F7N3O3/c1-9-14(26-15(29)16(19,20)17(21,22)18(23,24)25)10(2)28(27-9)8-11-5-6-12(30-3)13(7-11)31-4/h5-7H,8H2,1-4H3,(H,26,29). The fraction of sp³-hybridized carbons (Fsp3) is 0.444. The molecule has 0 aliphatic carbocycles. The minimum absolute atomic E-state index is 0.0536. The van der Waals surface area contributed by atoms with E-state index < -0.39 is 29.6 Å². The van der Waals surface area contributed by atoms with Crippen molar-refractivity contribution in [2.24, 2.45) is 0 Å². The fourth-order valence-electron chi connectivity index (χ4n) is 2.70. The van der Waals surface area contributed by atoms with Gasteiger partial charge in [-0.1, -0.05) is 6.07 Å². The van der Waals surface area contributed by atoms with Gasteiger partial charge in [-0.25, -0.2) is 0 Å². The van der Waals surface area contributed by atoms with Crippen molar-refractivity contribution in [3.8, 4) is 11.5 Å². The van der Waals surface area contributed by atoms with Gasteiger partial charge in [0.25, 0.3) is 0 Å². The van der Waals surface area contributed by atoms with Crippen LogP contribution in [0.15, 0.2) is 18.2 Å². The SMILES string of the molecule is COc1ccc(Cn2nc(C)c(NC(=O)C(F)(F)C(F)(F)C(F)(F)F)c2C)cc1OC. The minimum atomic E-state index is -6.62. The van der Waals surface area contributed by atoms with Crippen LogP contribution in [0.2, 0.25) is 0 Å². The second-order valence-corrected chi connectivity index (χ2v) is 6.49. The molecule has 31 heavy (non-hydrogen) atoms. The van der Waals surface area contributed by atoms with E-state index in [1.54, 1.807) is 18.2 Å². The van der Waals surface area contributed by atoms with E-state index in [2.05, 4.69) is 5.10 Å². The van der Waals surface area contributed by atoms with Crippen LogP contribution in [0.3, 0.4) is 0 Å². The molecule has 1 N–H and O–H groups in total. The zero-order chi connectivity index (χ0) is 23.8. The summed E-state index contributed by atoms with van der Waals surface area (Å²) in [5, 5.41) is 5.47. The number of amides is 1. The number of aryl methyl sites for hydroxylation is 1. The van der Waals surface area contributed by atoms with E-state index >= 15 is 0 Å². The summed E-state index contributed by atoms with van der Waals surface area (Å²) >= 11 is 0. The largest absolute Gasteiger partial charge is 0.493 e. The summed E-state index contributed by atoms with van der Waals surface area (Å²) in [5.74, 6) is -14.5. The third-order valence-electron chi connectivity index (χ3n) is 4.44. The van der Waals surface area contributed by atoms with Crippen LogP contribution in [0.25, 0.3) is 0 Å². The highest BCUT2D eigenvalue weighted by atomic mass is 19.4. The summed E-state index contributed by atoms with van der Waals surface area (Å²) in [4.78, 5) is 11.6. The predicted octanol–water partition coefficient (Wildman–Crippen LogP) is 4.34. The van der Waals surface area contributed by atoms with Crippen molar-refractivity contribution in [3.05, 3.63) is 35.2 Å². The Morgan fingerprint density at radius 2 is 1.61 bits per heavy atom. The second-order valence-electron chi connectivity index (χ2n) is 6.49. The number of methoxy groups -OCH3 is 2. The van der Waals surface area contributed by atoms with Crippen molar-refractivity contribution >= 4 is 11.6 Å². The Hall–Kier alpha value is -2.99. The summed E-state index contributed by atoms with van der Waals surface area (Å²) < 4.78 is 102. The number of hydrogen-bond acceptors (Lipinski definition) is 4. The topological polar surface area (TPSA) is 65.4 Å². The van der Waals surface area contributed by atoms with Crippen LogP contribution in [-0.4, -0.2) is 47.9 Å². The highest BCUT2D eigenvalue weighted by Gasteiger charge is 2.76. The molecular formula is C18H18F7N3O3. The fourth-order valence-corrected chi connectivity index (χ4v) is 2.70. The zero-order valence-electron chi connectivity index (χ0n) is 16.7. The van der Waals surface area contributed by atoms with Gasteiger partial charge in [-0.3, -0.25) is 9.48 Å². The van der Waals surface area contributed by atoms with Gasteiger partial charge in [0.1, 0.15) is 0 Å². The number of hydrogen-bond donors (Lipinski definition) is 1. The first-order chi connectivity index (χ1) is 14.2. The summed E-state index contributed by atoms with van der Waals surface area (Å²) in [7, 11) is 2.85. The number of anilines is 1. The monoisotopic (exact) mass is 457 g/mol. The lowest BCUT2D eigenvalue weighted by molar-refractivity contribution is -0.343. The average molecular weight is 457 g/mol. The second kappa shape index (κ2) is 8.27. The number of carbonyl (C=O) groups is 1. The number of benzene rings is 1. The number of nitrogens with zero attached hydrogens (tertiary/aromatic N) is 2. The molecule has 13 heteroatoms. The van der Waals surface area contributed by atoms with Gasteiger partial charge >= 0.3 is 23.9 Å². The minimum Gasteiger partial charge on any atom is -0.493 e. The van der Waals surface area contributed by atoms with E-state index in [9.17, 15) is 35.5 Å². The molecule has 1 amide bonds. The summed E-state index contributed by atoms with van der Waals surface area (Å²) in [6.07, 6.45) is -6.62. The van der Waals surface area contributed by atoms with Gasteiger partial charge in [0.05, 0.1) is 37.8 Å². The maximum Gasteiger partial charge on any atom is 0.460 e. The zero-order valence-corrected chi connectivity index (χ0v) is 16.7. The molecule has 0 fully saturated rings. The van der Waals surface area contributed by atoms with Crippen LogP contribution < -0.4 is 14.8 Å². The number of ether oxygens (including phenoxy) is 2. The van der Waals surface area contributed by atoms with E-state index in [1.807, 2.05) is 0 Å². The average Bonchev–Trinajstić information content (AvgIpc) is 2.94. The van der Waals surface area contributed by atoms with Gasteiger partial charge in [0.2, 0.25) is 0 Å². The van der Waals surface area contributed by atoms with Crippen LogP contribution in [-0.2, 0) is 11.3 Å². The Balaban J connectivity index is 2.31. The number of rotatable bonds is 7. The van der Waals surface area contributed by atoms with E-state index in [0.717, 1.165) is 0 Å². The van der Waals surface area contributed by atoms with Crippen molar-refractivity contribution in [1.29, 1.82) is 0 Å². The molecule has 0 bridgehead atoms. The molecule has 172 valence electrons. The Bertz CT molecular complexity index is 971. The third kappa shape index (κ3) is 4.39. The van der Waals surface area contributed by atoms with Gasteiger partial charge in [0, 0.05) is 0 Å². The summed E-state index contributed by atoms with van der Waals surface area (Å²) in [6.45, 7) is 2.65. The van der Waals surface area contributed by atoms with Gasteiger partial charge in [-0.2, -0.15) is 35.8 Å². The third-order valence-corrected chi connectivity index (χ3v) is 4.44. The number of carbonyl (C=O) groups excluding carboxylic acids is 1. The highest BCUT2D eigenvalue weighted by molar-refractivity contribution is 5.97. The quantitative estimate of drug-likeness (QED) is 0.629. The first-order valence-electron chi connectivity index (χ1n) is 8.56. The Morgan fingerprint density at radius 1 is 1.03 bits per heavy atom. The molecular weight excluding hydrogens is 439 g/mol. The lowest BCUT2D eigenvalue weighted by atomic mass is 10.1. The van der Waals surface area contributed by atoms with Crippen molar-refractivity contribution in [1.82, 2.24) is 9.78 Å². The number of nitrogens with one attached hydrogen (secondary N) is 1. The smallest absolute Gasteiger partial charge is 0.460 e. The summed E-state index contributed by atoms with van der Waals surface area (Å²) in [6, 6.07) is 4.85. The van der Waals surface area contributed by atoms with Gasteiger partial charge in [-0.15, -0.1) is 0 Å². The molecule has 0 radical (unpaired) electrons. The number of aromatic nitrogens is 2. The molecule has 0 saturated carbocycles. The summed E-state index contributed by atoms with van der Waals surface area (Å²) in [5.41, 5.74) is 0.224. The molecule has 1 aromatic carbocycles. The number of alkyl halides is 7. The maximum atomic E-state index is 13.6. The molecule has 0 aliphatic rings. The first kappa shape index (κ1) is 24.3. The van der Waals surface area contributed by atoms with E-state index in [0.29, 0.717) is 17.1 Å². The Labute approximate surface area is 171 Å². The molecule has 6 nitrogen and oxygen atoms in total. The van der Waals surface area contributed by atoms with E-state index in [4.69, 9.17) is 9.47 Å². The lowest BCUT2D eigenvalue weighted by Gasteiger charge is -2.27. The van der Waals surface area contributed by atoms with Gasteiger partial charge < -0.3 is 14.8 Å². The van der Waals surface area contributed by atoms with Gasteiger partial charge in [0.15, 0.2) is 11.5 Å². The number of halogens is 7. The van der Waals surface area contributed by atoms with Crippen molar-refractivity contribution in [2.75, 3.05) is 19.5 Å². The van der Waals surface area contributed by atoms with E-state index in [1.165, 1.54) is 38.1 Å². The van der Waals surface area contributed by atoms with Crippen molar-refractivity contribution in [2.45, 2.75) is 38.4 Å². The van der Waals surface area contributed by atoms with Crippen LogP contribution in [0.1, 0.15) is 17.0 Å². The van der Waals surface area contributed by atoms with Crippen LogP contribution in [0, 0.1) is 13.8 Å². The molecule has 0 spiro atoms. The Morgan fingerprint density at radius 3 is 2.13 bits per heavy atom. The molecule has 0 saturated heterocycles.